The normalized spacial score (nSPS) is 11.5. The van der Waals surface area contributed by atoms with Crippen molar-refractivity contribution in [1.29, 1.82) is 0 Å². The summed E-state index contributed by atoms with van der Waals surface area (Å²) in [5.74, 6) is 1.20. The summed E-state index contributed by atoms with van der Waals surface area (Å²) in [6, 6.07) is 19.6. The first-order valence-corrected chi connectivity index (χ1v) is 12.0. The summed E-state index contributed by atoms with van der Waals surface area (Å²) in [5, 5.41) is 3.21. The lowest BCUT2D eigenvalue weighted by Crippen LogP contribution is -2.37. The number of benzene rings is 3. The maximum Gasteiger partial charge on any atom is 0.326 e. The number of nitrogens with two attached hydrogens (primary N) is 1. The molecular weight excluding hydrogens is 454 g/mol. The second-order valence-corrected chi connectivity index (χ2v) is 8.87. The van der Waals surface area contributed by atoms with Gasteiger partial charge < -0.3 is 15.8 Å². The van der Waals surface area contributed by atoms with Gasteiger partial charge >= 0.3 is 6.03 Å². The van der Waals surface area contributed by atoms with Crippen molar-refractivity contribution in [3.8, 4) is 5.75 Å². The molecule has 0 spiro atoms. The third-order valence-corrected chi connectivity index (χ3v) is 6.44. The van der Waals surface area contributed by atoms with Crippen molar-refractivity contribution in [2.24, 2.45) is 0 Å². The second kappa shape index (κ2) is 12.5. The maximum atomic E-state index is 13.9. The lowest BCUT2D eigenvalue weighted by atomic mass is 10.0. The number of nitrogens with zero attached hydrogens (tertiary/aromatic N) is 1. The predicted octanol–water partition coefficient (Wildman–Crippen LogP) is 7.44. The van der Waals surface area contributed by atoms with Crippen LogP contribution in [-0.4, -0.2) is 13.1 Å². The molecule has 188 valence electrons. The number of urea groups is 1. The van der Waals surface area contributed by atoms with Gasteiger partial charge in [-0.1, -0.05) is 58.0 Å². The molecule has 3 aromatic rings. The maximum absolute atomic E-state index is 13.9. The Morgan fingerprint density at radius 3 is 2.03 bits per heavy atom. The Balaban J connectivity index is 0.00000432. The van der Waals surface area contributed by atoms with Crippen molar-refractivity contribution in [1.82, 2.24) is 0 Å². The summed E-state index contributed by atoms with van der Waals surface area (Å²) in [6.07, 6.45) is 1.55. The van der Waals surface area contributed by atoms with Crippen LogP contribution in [0.1, 0.15) is 68.8 Å². The van der Waals surface area contributed by atoms with Gasteiger partial charge in [-0.2, -0.15) is 13.5 Å². The fourth-order valence-electron chi connectivity index (χ4n) is 4.28. The molecule has 0 aliphatic carbocycles. The standard InChI is InChI=1S/C29H37N3O2.H2S/c1-7-21-13-18-27(30)26(8-2)28(21)31-29(33)32(24-14-9-22(10-15-24)19(3)4)20(5)23-11-16-25(34-6)17-12-23;/h9-20H,7-8,30H2,1-6H3,(H,31,33);1H2/t20-;/m0./s1. The van der Waals surface area contributed by atoms with Gasteiger partial charge in [-0.05, 0) is 78.3 Å². The van der Waals surface area contributed by atoms with E-state index in [0.29, 0.717) is 11.6 Å². The number of methoxy groups -OCH3 is 1. The molecule has 0 aliphatic heterocycles. The molecule has 3 aromatic carbocycles. The van der Waals surface area contributed by atoms with Crippen LogP contribution in [-0.2, 0) is 12.8 Å². The molecule has 3 rings (SSSR count). The minimum Gasteiger partial charge on any atom is -0.497 e. The monoisotopic (exact) mass is 493 g/mol. The Morgan fingerprint density at radius 1 is 0.914 bits per heavy atom. The van der Waals surface area contributed by atoms with Gasteiger partial charge in [0.2, 0.25) is 0 Å². The molecule has 5 nitrogen and oxygen atoms in total. The predicted molar refractivity (Wildman–Crippen MR) is 153 cm³/mol. The molecular formula is C29H39N3O2S. The zero-order valence-electron chi connectivity index (χ0n) is 21.7. The Bertz CT molecular complexity index is 1110. The quantitative estimate of drug-likeness (QED) is 0.320. The third kappa shape index (κ3) is 6.31. The van der Waals surface area contributed by atoms with Crippen LogP contribution in [0.3, 0.4) is 0 Å². The fraction of sp³-hybridized carbons (Fsp3) is 0.345. The van der Waals surface area contributed by atoms with E-state index in [1.165, 1.54) is 5.56 Å². The molecule has 0 bridgehead atoms. The van der Waals surface area contributed by atoms with Crippen molar-refractivity contribution in [2.75, 3.05) is 23.1 Å². The van der Waals surface area contributed by atoms with Gasteiger partial charge in [-0.15, -0.1) is 0 Å². The van der Waals surface area contributed by atoms with Crippen LogP contribution in [0.25, 0.3) is 0 Å². The average molecular weight is 494 g/mol. The molecule has 35 heavy (non-hydrogen) atoms. The molecule has 0 aliphatic rings. The van der Waals surface area contributed by atoms with E-state index in [2.05, 4.69) is 45.1 Å². The summed E-state index contributed by atoms with van der Waals surface area (Å²) in [4.78, 5) is 15.7. The molecule has 0 unspecified atom stereocenters. The summed E-state index contributed by atoms with van der Waals surface area (Å²) < 4.78 is 5.31. The molecule has 0 fully saturated rings. The summed E-state index contributed by atoms with van der Waals surface area (Å²) in [7, 11) is 1.65. The highest BCUT2D eigenvalue weighted by Crippen LogP contribution is 2.33. The smallest absolute Gasteiger partial charge is 0.326 e. The van der Waals surface area contributed by atoms with Crippen molar-refractivity contribution in [3.63, 3.8) is 0 Å². The molecule has 6 heteroatoms. The van der Waals surface area contributed by atoms with E-state index in [9.17, 15) is 4.79 Å². The fourth-order valence-corrected chi connectivity index (χ4v) is 4.28. The third-order valence-electron chi connectivity index (χ3n) is 6.44. The van der Waals surface area contributed by atoms with Crippen molar-refractivity contribution in [3.05, 3.63) is 82.9 Å². The highest BCUT2D eigenvalue weighted by atomic mass is 32.1. The molecule has 0 heterocycles. The number of rotatable bonds is 8. The van der Waals surface area contributed by atoms with Gasteiger partial charge in [0.05, 0.1) is 18.8 Å². The summed E-state index contributed by atoms with van der Waals surface area (Å²) >= 11 is 0. The number of amides is 2. The number of ether oxygens (including phenoxy) is 1. The zero-order valence-corrected chi connectivity index (χ0v) is 22.7. The van der Waals surface area contributed by atoms with Gasteiger partial charge in [0.1, 0.15) is 5.75 Å². The first-order valence-electron chi connectivity index (χ1n) is 12.0. The first kappa shape index (κ1) is 28.1. The lowest BCUT2D eigenvalue weighted by molar-refractivity contribution is 0.255. The SMILES string of the molecule is CCc1ccc(N)c(CC)c1NC(=O)N(c1ccc(C(C)C)cc1)[C@@H](C)c1ccc(OC)cc1.S. The number of nitrogen functional groups attached to an aromatic ring is 1. The van der Waals surface area contributed by atoms with Gasteiger partial charge in [0, 0.05) is 11.4 Å². The van der Waals surface area contributed by atoms with E-state index in [-0.39, 0.29) is 25.6 Å². The number of carbonyl (C=O) groups excluding carboxylic acids is 1. The second-order valence-electron chi connectivity index (χ2n) is 8.87. The molecule has 0 saturated heterocycles. The number of aryl methyl sites for hydroxylation is 1. The topological polar surface area (TPSA) is 67.6 Å². The minimum atomic E-state index is -0.202. The zero-order chi connectivity index (χ0) is 24.8. The van der Waals surface area contributed by atoms with E-state index < -0.39 is 0 Å². The molecule has 3 N–H and O–H groups in total. The number of nitrogens with one attached hydrogen (secondary N) is 1. The Labute approximate surface area is 217 Å². The van der Waals surface area contributed by atoms with Crippen LogP contribution < -0.4 is 20.7 Å². The molecule has 0 radical (unpaired) electrons. The van der Waals surface area contributed by atoms with Crippen LogP contribution in [0.4, 0.5) is 21.9 Å². The van der Waals surface area contributed by atoms with E-state index in [4.69, 9.17) is 10.5 Å². The molecule has 1 atom stereocenters. The minimum absolute atomic E-state index is 0. The van der Waals surface area contributed by atoms with E-state index in [1.54, 1.807) is 7.11 Å². The molecule has 0 aromatic heterocycles. The Kier molecular flexibility index (Phi) is 10.1. The molecule has 2 amide bonds. The van der Waals surface area contributed by atoms with Crippen LogP contribution >= 0.6 is 13.5 Å². The Morgan fingerprint density at radius 2 is 1.51 bits per heavy atom. The van der Waals surface area contributed by atoms with E-state index in [1.807, 2.05) is 60.4 Å². The number of hydrogen-bond donors (Lipinski definition) is 2. The summed E-state index contributed by atoms with van der Waals surface area (Å²) in [6.45, 7) is 10.5. The number of anilines is 3. The largest absolute Gasteiger partial charge is 0.497 e. The van der Waals surface area contributed by atoms with Crippen molar-refractivity contribution < 1.29 is 9.53 Å². The van der Waals surface area contributed by atoms with E-state index in [0.717, 1.165) is 46.7 Å². The first-order chi connectivity index (χ1) is 16.3. The van der Waals surface area contributed by atoms with E-state index >= 15 is 0 Å². The van der Waals surface area contributed by atoms with Crippen LogP contribution in [0.5, 0.6) is 5.75 Å². The van der Waals surface area contributed by atoms with Gasteiger partial charge in [0.15, 0.2) is 0 Å². The van der Waals surface area contributed by atoms with Crippen LogP contribution in [0.15, 0.2) is 60.7 Å². The van der Waals surface area contributed by atoms with Gasteiger partial charge in [-0.3, -0.25) is 4.90 Å². The Hall–Kier alpha value is -3.12. The summed E-state index contributed by atoms with van der Waals surface area (Å²) in [5.41, 5.74) is 12.9. The highest BCUT2D eigenvalue weighted by Gasteiger charge is 2.25. The van der Waals surface area contributed by atoms with Crippen molar-refractivity contribution in [2.45, 2.75) is 59.4 Å². The number of hydrogen-bond acceptors (Lipinski definition) is 3. The van der Waals surface area contributed by atoms with Crippen LogP contribution in [0, 0.1) is 0 Å². The van der Waals surface area contributed by atoms with Gasteiger partial charge in [-0.25, -0.2) is 4.79 Å². The van der Waals surface area contributed by atoms with Crippen molar-refractivity contribution >= 4 is 36.6 Å². The van der Waals surface area contributed by atoms with Gasteiger partial charge in [0.25, 0.3) is 0 Å². The number of carbonyl (C=O) groups is 1. The highest BCUT2D eigenvalue weighted by molar-refractivity contribution is 7.59. The van der Waals surface area contributed by atoms with Crippen LogP contribution in [0.2, 0.25) is 0 Å². The molecule has 0 saturated carbocycles. The average Bonchev–Trinajstić information content (AvgIpc) is 2.85. The lowest BCUT2D eigenvalue weighted by Gasteiger charge is -2.31.